The highest BCUT2D eigenvalue weighted by Crippen LogP contribution is 2.37. The van der Waals surface area contributed by atoms with Gasteiger partial charge in [0.05, 0.1) is 0 Å². The van der Waals surface area contributed by atoms with Crippen LogP contribution in [0.1, 0.15) is 81.1 Å². The molecular formula is C18H38. The zero-order chi connectivity index (χ0) is 15.0. The van der Waals surface area contributed by atoms with Crippen molar-refractivity contribution in [3.05, 3.63) is 24.3 Å². The molecule has 1 saturated carbocycles. The first kappa shape index (κ1) is 22.6. The lowest BCUT2D eigenvalue weighted by Gasteiger charge is -2.18. The molecule has 0 saturated heterocycles. The molecule has 1 fully saturated rings. The monoisotopic (exact) mass is 254 g/mol. The van der Waals surface area contributed by atoms with Crippen molar-refractivity contribution in [1.82, 2.24) is 0 Å². The molecule has 2 unspecified atom stereocenters. The summed E-state index contributed by atoms with van der Waals surface area (Å²) in [5.74, 6) is 1.83. The van der Waals surface area contributed by atoms with E-state index in [0.29, 0.717) is 0 Å². The Morgan fingerprint density at radius 1 is 1.22 bits per heavy atom. The minimum Gasteiger partial charge on any atom is -0.103 e. The molecule has 0 aromatic heterocycles. The van der Waals surface area contributed by atoms with E-state index in [1.165, 1.54) is 25.7 Å². The Bertz CT molecular complexity index is 176. The summed E-state index contributed by atoms with van der Waals surface area (Å²) in [6.07, 6.45) is 9.65. The minimum absolute atomic E-state index is 0.906. The molecule has 2 atom stereocenters. The van der Waals surface area contributed by atoms with Gasteiger partial charge < -0.3 is 0 Å². The second kappa shape index (κ2) is 18.8. The standard InChI is InChI=1S/C11H20.C3H6.2C2H6/c1-4-9(3)11-8-6-7-10(11)5-2;1-3-2;2*1-2/h5,9,11H,4,6-8H2,1-3H3;3H,1H2,2H3;2*1-2H3/b10-5-;;;. The van der Waals surface area contributed by atoms with Crippen LogP contribution in [0.5, 0.6) is 0 Å². The molecule has 18 heavy (non-hydrogen) atoms. The van der Waals surface area contributed by atoms with Crippen molar-refractivity contribution < 1.29 is 0 Å². The van der Waals surface area contributed by atoms with E-state index in [1.54, 1.807) is 11.6 Å². The molecular weight excluding hydrogens is 216 g/mol. The zero-order valence-corrected chi connectivity index (χ0v) is 14.3. The number of allylic oxidation sites excluding steroid dienone is 3. The van der Waals surface area contributed by atoms with Crippen molar-refractivity contribution in [2.45, 2.75) is 81.1 Å². The van der Waals surface area contributed by atoms with Crippen LogP contribution in [-0.2, 0) is 0 Å². The van der Waals surface area contributed by atoms with E-state index in [0.717, 1.165) is 11.8 Å². The van der Waals surface area contributed by atoms with Crippen LogP contribution in [0, 0.1) is 11.8 Å². The van der Waals surface area contributed by atoms with Crippen LogP contribution in [0.2, 0.25) is 0 Å². The highest BCUT2D eigenvalue weighted by Gasteiger charge is 2.23. The molecule has 0 aromatic carbocycles. The van der Waals surface area contributed by atoms with Gasteiger partial charge in [0.1, 0.15) is 0 Å². The topological polar surface area (TPSA) is 0 Å². The molecule has 0 bridgehead atoms. The predicted octanol–water partition coefficient (Wildman–Crippen LogP) is 7.02. The molecule has 0 nitrogen and oxygen atoms in total. The lowest BCUT2D eigenvalue weighted by Crippen LogP contribution is -2.08. The van der Waals surface area contributed by atoms with Gasteiger partial charge in [-0.15, -0.1) is 6.58 Å². The van der Waals surface area contributed by atoms with Gasteiger partial charge in [-0.2, -0.15) is 0 Å². The molecule has 0 amide bonds. The van der Waals surface area contributed by atoms with Gasteiger partial charge in [0, 0.05) is 0 Å². The van der Waals surface area contributed by atoms with Gasteiger partial charge in [-0.1, -0.05) is 65.7 Å². The Morgan fingerprint density at radius 2 is 1.67 bits per heavy atom. The van der Waals surface area contributed by atoms with E-state index >= 15 is 0 Å². The van der Waals surface area contributed by atoms with E-state index in [2.05, 4.69) is 33.4 Å². The first-order chi connectivity index (χ1) is 8.71. The molecule has 1 aliphatic rings. The van der Waals surface area contributed by atoms with Gasteiger partial charge >= 0.3 is 0 Å². The largest absolute Gasteiger partial charge is 0.103 e. The van der Waals surface area contributed by atoms with Crippen LogP contribution in [0.4, 0.5) is 0 Å². The van der Waals surface area contributed by atoms with Gasteiger partial charge in [0.2, 0.25) is 0 Å². The van der Waals surface area contributed by atoms with Crippen molar-refractivity contribution in [2.75, 3.05) is 0 Å². The van der Waals surface area contributed by atoms with Crippen LogP contribution in [0.25, 0.3) is 0 Å². The second-order valence-electron chi connectivity index (χ2n) is 4.16. The zero-order valence-electron chi connectivity index (χ0n) is 14.3. The Balaban J connectivity index is -0.000000274. The fourth-order valence-electron chi connectivity index (χ4n) is 2.19. The van der Waals surface area contributed by atoms with Crippen LogP contribution in [0.15, 0.2) is 24.3 Å². The molecule has 110 valence electrons. The molecule has 0 aliphatic heterocycles. The van der Waals surface area contributed by atoms with Gasteiger partial charge in [-0.25, -0.2) is 0 Å². The third-order valence-electron chi connectivity index (χ3n) is 3.16. The lowest BCUT2D eigenvalue weighted by atomic mass is 9.87. The van der Waals surface area contributed by atoms with Crippen LogP contribution < -0.4 is 0 Å². The van der Waals surface area contributed by atoms with Crippen molar-refractivity contribution in [2.24, 2.45) is 11.8 Å². The van der Waals surface area contributed by atoms with Crippen molar-refractivity contribution in [1.29, 1.82) is 0 Å². The Kier molecular flexibility index (Phi) is 23.7. The fourth-order valence-corrected chi connectivity index (χ4v) is 2.19. The molecule has 0 N–H and O–H groups in total. The normalized spacial score (nSPS) is 20.4. The Morgan fingerprint density at radius 3 is 2.00 bits per heavy atom. The number of hydrogen-bond acceptors (Lipinski definition) is 0. The van der Waals surface area contributed by atoms with E-state index < -0.39 is 0 Å². The van der Waals surface area contributed by atoms with Crippen molar-refractivity contribution >= 4 is 0 Å². The van der Waals surface area contributed by atoms with Crippen LogP contribution >= 0.6 is 0 Å². The molecule has 1 aliphatic carbocycles. The van der Waals surface area contributed by atoms with Crippen molar-refractivity contribution in [3.8, 4) is 0 Å². The maximum absolute atomic E-state index is 3.36. The molecule has 0 heteroatoms. The average molecular weight is 255 g/mol. The number of hydrogen-bond donors (Lipinski definition) is 0. The summed E-state index contributed by atoms with van der Waals surface area (Å²) in [4.78, 5) is 0. The fraction of sp³-hybridized carbons (Fsp3) is 0.778. The first-order valence-corrected chi connectivity index (χ1v) is 7.93. The summed E-state index contributed by atoms with van der Waals surface area (Å²) in [6.45, 7) is 20.1. The molecule has 1 rings (SSSR count). The summed E-state index contributed by atoms with van der Waals surface area (Å²) < 4.78 is 0. The van der Waals surface area contributed by atoms with E-state index in [9.17, 15) is 0 Å². The smallest absolute Gasteiger partial charge is 0.0178 e. The van der Waals surface area contributed by atoms with Gasteiger partial charge in [-0.3, -0.25) is 0 Å². The second-order valence-corrected chi connectivity index (χ2v) is 4.16. The minimum atomic E-state index is 0.906. The van der Waals surface area contributed by atoms with Crippen LogP contribution in [-0.4, -0.2) is 0 Å². The van der Waals surface area contributed by atoms with Gasteiger partial charge in [-0.05, 0) is 44.9 Å². The SMILES string of the molecule is C/C=C1/CCCC1C(C)CC.C=CC.CC.CC. The highest BCUT2D eigenvalue weighted by atomic mass is 14.3. The quantitative estimate of drug-likeness (QED) is 0.464. The predicted molar refractivity (Wildman–Crippen MR) is 89.1 cm³/mol. The summed E-state index contributed by atoms with van der Waals surface area (Å²) >= 11 is 0. The summed E-state index contributed by atoms with van der Waals surface area (Å²) in [7, 11) is 0. The maximum Gasteiger partial charge on any atom is -0.0178 e. The maximum atomic E-state index is 3.36. The average Bonchev–Trinajstić information content (AvgIpc) is 2.91. The highest BCUT2D eigenvalue weighted by molar-refractivity contribution is 5.11. The third kappa shape index (κ3) is 10.6. The summed E-state index contributed by atoms with van der Waals surface area (Å²) in [6, 6.07) is 0. The first-order valence-electron chi connectivity index (χ1n) is 7.93. The lowest BCUT2D eigenvalue weighted by molar-refractivity contribution is 0.405. The molecule has 0 aromatic rings. The van der Waals surface area contributed by atoms with Crippen LogP contribution in [0.3, 0.4) is 0 Å². The van der Waals surface area contributed by atoms with E-state index in [4.69, 9.17) is 0 Å². The molecule has 0 heterocycles. The summed E-state index contributed by atoms with van der Waals surface area (Å²) in [5, 5.41) is 0. The van der Waals surface area contributed by atoms with E-state index in [1.807, 2.05) is 34.6 Å². The van der Waals surface area contributed by atoms with E-state index in [-0.39, 0.29) is 0 Å². The molecule has 0 spiro atoms. The van der Waals surface area contributed by atoms with Gasteiger partial charge in [0.25, 0.3) is 0 Å². The Hall–Kier alpha value is -0.520. The summed E-state index contributed by atoms with van der Waals surface area (Å²) in [5.41, 5.74) is 1.72. The number of rotatable bonds is 2. The van der Waals surface area contributed by atoms with Gasteiger partial charge in [0.15, 0.2) is 0 Å². The molecule has 0 radical (unpaired) electrons. The van der Waals surface area contributed by atoms with Crippen molar-refractivity contribution in [3.63, 3.8) is 0 Å². The Labute approximate surface area is 118 Å². The third-order valence-corrected chi connectivity index (χ3v) is 3.16.